The highest BCUT2D eigenvalue weighted by Crippen LogP contribution is 2.34. The highest BCUT2D eigenvalue weighted by molar-refractivity contribution is 9.10. The molecule has 3 rings (SSSR count). The van der Waals surface area contributed by atoms with E-state index in [0.717, 1.165) is 28.9 Å². The molecule has 0 unspecified atom stereocenters. The van der Waals surface area contributed by atoms with Gasteiger partial charge in [-0.3, -0.25) is 4.79 Å². The number of hydrogen-bond donors (Lipinski definition) is 1. The number of rotatable bonds is 5. The maximum atomic E-state index is 12.3. The molecular weight excluding hydrogens is 368 g/mol. The molecule has 0 fully saturated rings. The van der Waals surface area contributed by atoms with Crippen LogP contribution in [0.3, 0.4) is 0 Å². The number of nitrogens with zero attached hydrogens (tertiary/aromatic N) is 1. The predicted molar refractivity (Wildman–Crippen MR) is 99.4 cm³/mol. The van der Waals surface area contributed by atoms with Crippen LogP contribution in [0.25, 0.3) is 0 Å². The second-order valence-electron chi connectivity index (χ2n) is 5.87. The summed E-state index contributed by atoms with van der Waals surface area (Å²) in [5, 5.41) is 2.93. The fourth-order valence-corrected chi connectivity index (χ4v) is 3.03. The summed E-state index contributed by atoms with van der Waals surface area (Å²) >= 11 is 3.46. The number of amides is 1. The summed E-state index contributed by atoms with van der Waals surface area (Å²) in [4.78, 5) is 14.5. The van der Waals surface area contributed by atoms with Crippen LogP contribution >= 0.6 is 15.9 Å². The Morgan fingerprint density at radius 3 is 2.75 bits per heavy atom. The summed E-state index contributed by atoms with van der Waals surface area (Å²) in [5.41, 5.74) is 2.22. The van der Waals surface area contributed by atoms with Crippen molar-refractivity contribution in [1.82, 2.24) is 5.32 Å². The topological polar surface area (TPSA) is 41.6 Å². The third kappa shape index (κ3) is 3.90. The quantitative estimate of drug-likeness (QED) is 0.847. The van der Waals surface area contributed by atoms with Crippen LogP contribution < -0.4 is 15.0 Å². The Hall–Kier alpha value is -2.01. The number of benzene rings is 2. The predicted octanol–water partition coefficient (Wildman–Crippen LogP) is 3.74. The van der Waals surface area contributed by atoms with Crippen LogP contribution in [0.15, 0.2) is 53.0 Å². The number of ether oxygens (including phenoxy) is 1. The number of hydrogen-bond acceptors (Lipinski definition) is 3. The first-order chi connectivity index (χ1) is 11.7. The van der Waals surface area contributed by atoms with Crippen LogP contribution in [0.2, 0.25) is 0 Å². The molecule has 2 aromatic rings. The fraction of sp³-hybridized carbons (Fsp3) is 0.316. The summed E-state index contributed by atoms with van der Waals surface area (Å²) in [5.74, 6) is 0.713. The van der Waals surface area contributed by atoms with Gasteiger partial charge in [-0.05, 0) is 36.2 Å². The minimum absolute atomic E-state index is 0.0489. The molecule has 1 aliphatic rings. The van der Waals surface area contributed by atoms with E-state index >= 15 is 0 Å². The summed E-state index contributed by atoms with van der Waals surface area (Å²) in [6.45, 7) is 4.00. The highest BCUT2D eigenvalue weighted by Gasteiger charge is 2.30. The van der Waals surface area contributed by atoms with Gasteiger partial charge in [-0.25, -0.2) is 0 Å². The van der Waals surface area contributed by atoms with Crippen molar-refractivity contribution in [2.75, 3.05) is 18.0 Å². The third-order valence-corrected chi connectivity index (χ3v) is 4.52. The van der Waals surface area contributed by atoms with Gasteiger partial charge in [0.2, 0.25) is 0 Å². The Labute approximate surface area is 150 Å². The molecule has 1 aliphatic heterocycles. The lowest BCUT2D eigenvalue weighted by Crippen LogP contribution is -2.48. The Bertz CT molecular complexity index is 703. The third-order valence-electron chi connectivity index (χ3n) is 3.99. The molecule has 1 N–H and O–H groups in total. The van der Waals surface area contributed by atoms with E-state index in [1.165, 1.54) is 5.56 Å². The number of para-hydroxylation sites is 2. The van der Waals surface area contributed by atoms with Gasteiger partial charge in [0.1, 0.15) is 5.75 Å². The van der Waals surface area contributed by atoms with E-state index in [-0.39, 0.29) is 5.91 Å². The standard InChI is InChI=1S/C19H21BrN2O2/c1-2-11-21-19(23)18-13-22(12-14-7-9-15(20)10-8-14)16-5-3-4-6-17(16)24-18/h3-10,18H,2,11-13H2,1H3,(H,21,23)/t18-/m0/s1. The van der Waals surface area contributed by atoms with Crippen LogP contribution in [0, 0.1) is 0 Å². The van der Waals surface area contributed by atoms with Crippen molar-refractivity contribution >= 4 is 27.5 Å². The van der Waals surface area contributed by atoms with Crippen LogP contribution in [0.5, 0.6) is 5.75 Å². The Kier molecular flexibility index (Phi) is 5.41. The van der Waals surface area contributed by atoms with Crippen LogP contribution in [-0.4, -0.2) is 25.1 Å². The van der Waals surface area contributed by atoms with Crippen LogP contribution in [-0.2, 0) is 11.3 Å². The minimum atomic E-state index is -0.484. The summed E-state index contributed by atoms with van der Waals surface area (Å²) in [6, 6.07) is 16.1. The van der Waals surface area contributed by atoms with Gasteiger partial charge >= 0.3 is 0 Å². The molecule has 0 aliphatic carbocycles. The molecule has 4 nitrogen and oxygen atoms in total. The average molecular weight is 389 g/mol. The van der Waals surface area contributed by atoms with E-state index in [2.05, 4.69) is 38.3 Å². The molecule has 0 radical (unpaired) electrons. The van der Waals surface area contributed by atoms with Gasteiger partial charge in [-0.15, -0.1) is 0 Å². The Morgan fingerprint density at radius 1 is 1.25 bits per heavy atom. The molecule has 0 saturated carbocycles. The molecule has 0 aromatic heterocycles. The first kappa shape index (κ1) is 16.8. The van der Waals surface area contributed by atoms with Gasteiger partial charge in [0, 0.05) is 17.6 Å². The molecule has 5 heteroatoms. The van der Waals surface area contributed by atoms with Crippen molar-refractivity contribution in [3.8, 4) is 5.75 Å². The SMILES string of the molecule is CCCNC(=O)[C@@H]1CN(Cc2ccc(Br)cc2)c2ccccc2O1. The first-order valence-corrected chi connectivity index (χ1v) is 8.99. The van der Waals surface area contributed by atoms with Gasteiger partial charge in [0.05, 0.1) is 12.2 Å². The lowest BCUT2D eigenvalue weighted by Gasteiger charge is -2.35. The van der Waals surface area contributed by atoms with Crippen molar-refractivity contribution in [2.24, 2.45) is 0 Å². The second kappa shape index (κ2) is 7.71. The molecule has 1 amide bonds. The molecule has 1 atom stereocenters. The zero-order valence-corrected chi connectivity index (χ0v) is 15.3. The van der Waals surface area contributed by atoms with Crippen LogP contribution in [0.4, 0.5) is 5.69 Å². The van der Waals surface area contributed by atoms with Crippen molar-refractivity contribution in [3.63, 3.8) is 0 Å². The van der Waals surface area contributed by atoms with E-state index in [9.17, 15) is 4.79 Å². The number of carbonyl (C=O) groups is 1. The lowest BCUT2D eigenvalue weighted by molar-refractivity contribution is -0.127. The average Bonchev–Trinajstić information content (AvgIpc) is 2.61. The molecule has 24 heavy (non-hydrogen) atoms. The Morgan fingerprint density at radius 2 is 2.00 bits per heavy atom. The normalized spacial score (nSPS) is 16.2. The van der Waals surface area contributed by atoms with Crippen molar-refractivity contribution < 1.29 is 9.53 Å². The first-order valence-electron chi connectivity index (χ1n) is 8.20. The van der Waals surface area contributed by atoms with Gasteiger partial charge < -0.3 is 15.0 Å². The molecule has 1 heterocycles. The van der Waals surface area contributed by atoms with E-state index < -0.39 is 6.10 Å². The van der Waals surface area contributed by atoms with Gasteiger partial charge in [-0.1, -0.05) is 47.1 Å². The summed E-state index contributed by atoms with van der Waals surface area (Å²) < 4.78 is 6.98. The van der Waals surface area contributed by atoms with Gasteiger partial charge in [0.15, 0.2) is 6.10 Å². The largest absolute Gasteiger partial charge is 0.477 e. The zero-order chi connectivity index (χ0) is 16.9. The maximum Gasteiger partial charge on any atom is 0.262 e. The minimum Gasteiger partial charge on any atom is -0.477 e. The zero-order valence-electron chi connectivity index (χ0n) is 13.7. The fourth-order valence-electron chi connectivity index (χ4n) is 2.77. The van der Waals surface area contributed by atoms with Gasteiger partial charge in [-0.2, -0.15) is 0 Å². The number of carbonyl (C=O) groups excluding carboxylic acids is 1. The van der Waals surface area contributed by atoms with E-state index in [1.54, 1.807) is 0 Å². The van der Waals surface area contributed by atoms with Crippen LogP contribution in [0.1, 0.15) is 18.9 Å². The molecule has 0 saturated heterocycles. The highest BCUT2D eigenvalue weighted by atomic mass is 79.9. The molecule has 126 valence electrons. The molecule has 2 aromatic carbocycles. The second-order valence-corrected chi connectivity index (χ2v) is 6.79. The summed E-state index contributed by atoms with van der Waals surface area (Å²) in [7, 11) is 0. The summed E-state index contributed by atoms with van der Waals surface area (Å²) in [6.07, 6.45) is 0.430. The van der Waals surface area contributed by atoms with Crippen molar-refractivity contribution in [3.05, 3.63) is 58.6 Å². The number of anilines is 1. The van der Waals surface area contributed by atoms with Crippen molar-refractivity contribution in [2.45, 2.75) is 26.0 Å². The maximum absolute atomic E-state index is 12.3. The lowest BCUT2D eigenvalue weighted by atomic mass is 10.1. The van der Waals surface area contributed by atoms with E-state index in [1.807, 2.05) is 43.3 Å². The molecule has 0 bridgehead atoms. The molecule has 0 spiro atoms. The van der Waals surface area contributed by atoms with E-state index in [4.69, 9.17) is 4.74 Å². The smallest absolute Gasteiger partial charge is 0.262 e. The molecular formula is C19H21BrN2O2. The monoisotopic (exact) mass is 388 g/mol. The number of nitrogens with one attached hydrogen (secondary N) is 1. The Balaban J connectivity index is 1.81. The van der Waals surface area contributed by atoms with Crippen molar-refractivity contribution in [1.29, 1.82) is 0 Å². The number of fused-ring (bicyclic) bond motifs is 1. The number of halogens is 1. The van der Waals surface area contributed by atoms with Gasteiger partial charge in [0.25, 0.3) is 5.91 Å². The van der Waals surface area contributed by atoms with E-state index in [0.29, 0.717) is 13.1 Å².